The van der Waals surface area contributed by atoms with Crippen LogP contribution in [0, 0.1) is 0 Å². The molecule has 1 heterocycles. The van der Waals surface area contributed by atoms with E-state index in [1.54, 1.807) is 36.4 Å². The Hall–Kier alpha value is -2.50. The lowest BCUT2D eigenvalue weighted by Crippen LogP contribution is -2.30. The van der Waals surface area contributed by atoms with Gasteiger partial charge in [-0.15, -0.1) is 0 Å². The molecule has 1 saturated heterocycles. The van der Waals surface area contributed by atoms with Crippen molar-refractivity contribution in [1.82, 2.24) is 0 Å². The van der Waals surface area contributed by atoms with Crippen molar-refractivity contribution in [3.8, 4) is 0 Å². The summed E-state index contributed by atoms with van der Waals surface area (Å²) in [5, 5.41) is 3.67. The number of benzene rings is 2. The number of hydrogen-bond donors (Lipinski definition) is 2. The zero-order valence-corrected chi connectivity index (χ0v) is 16.8. The smallest absolute Gasteiger partial charge is 0.248 e. The quantitative estimate of drug-likeness (QED) is 0.689. The molecule has 3 N–H and O–H groups in total. The zero-order chi connectivity index (χ0) is 20.1. The maximum absolute atomic E-state index is 12.5. The fraction of sp³-hybridized carbons (Fsp3) is 0.238. The van der Waals surface area contributed by atoms with Gasteiger partial charge >= 0.3 is 0 Å². The van der Waals surface area contributed by atoms with E-state index in [0.717, 1.165) is 31.6 Å². The van der Waals surface area contributed by atoms with E-state index in [-0.39, 0.29) is 5.91 Å². The predicted octanol–water partition coefficient (Wildman–Crippen LogP) is 4.73. The topological polar surface area (TPSA) is 75.4 Å². The van der Waals surface area contributed by atoms with Crippen LogP contribution >= 0.6 is 23.2 Å². The molecule has 5 nitrogen and oxygen atoms in total. The summed E-state index contributed by atoms with van der Waals surface area (Å²) in [6.07, 6.45) is 6.37. The van der Waals surface area contributed by atoms with Gasteiger partial charge in [-0.3, -0.25) is 9.59 Å². The predicted molar refractivity (Wildman–Crippen MR) is 115 cm³/mol. The second kappa shape index (κ2) is 9.13. The SMILES string of the molecule is NC(=O)c1ccc(N2CCCCC2)c(NC(=O)/C=C/c2cccc(Cl)c2Cl)c1. The maximum atomic E-state index is 12.5. The number of nitrogens with two attached hydrogens (primary N) is 1. The van der Waals surface area contributed by atoms with E-state index in [1.165, 1.54) is 12.5 Å². The van der Waals surface area contributed by atoms with Crippen LogP contribution in [0.4, 0.5) is 11.4 Å². The van der Waals surface area contributed by atoms with Gasteiger partial charge in [0.1, 0.15) is 0 Å². The number of primary amides is 1. The number of carbonyl (C=O) groups is 2. The highest BCUT2D eigenvalue weighted by Crippen LogP contribution is 2.30. The summed E-state index contributed by atoms with van der Waals surface area (Å²) >= 11 is 12.1. The Morgan fingerprint density at radius 1 is 1.07 bits per heavy atom. The van der Waals surface area contributed by atoms with Crippen LogP contribution in [0.2, 0.25) is 10.0 Å². The molecule has 0 radical (unpaired) electrons. The van der Waals surface area contributed by atoms with Crippen molar-refractivity contribution >= 4 is 52.5 Å². The first-order chi connectivity index (χ1) is 13.5. The van der Waals surface area contributed by atoms with Gasteiger partial charge < -0.3 is 16.0 Å². The third-order valence-electron chi connectivity index (χ3n) is 4.63. The lowest BCUT2D eigenvalue weighted by atomic mass is 10.1. The Morgan fingerprint density at radius 3 is 2.54 bits per heavy atom. The Morgan fingerprint density at radius 2 is 1.82 bits per heavy atom. The van der Waals surface area contributed by atoms with Crippen LogP contribution in [0.25, 0.3) is 6.08 Å². The number of piperidine rings is 1. The highest BCUT2D eigenvalue weighted by atomic mass is 35.5. The minimum atomic E-state index is -0.540. The van der Waals surface area contributed by atoms with Gasteiger partial charge in [-0.05, 0) is 55.2 Å². The minimum absolute atomic E-state index is 0.337. The average Bonchev–Trinajstić information content (AvgIpc) is 2.69. The number of anilines is 2. The number of hydrogen-bond acceptors (Lipinski definition) is 3. The zero-order valence-electron chi connectivity index (χ0n) is 15.3. The molecule has 0 saturated carbocycles. The minimum Gasteiger partial charge on any atom is -0.370 e. The number of nitrogens with zero attached hydrogens (tertiary/aromatic N) is 1. The molecule has 0 atom stereocenters. The lowest BCUT2D eigenvalue weighted by Gasteiger charge is -2.30. The molecular formula is C21H21Cl2N3O2. The fourth-order valence-electron chi connectivity index (χ4n) is 3.19. The van der Waals surface area contributed by atoms with E-state index in [2.05, 4.69) is 10.2 Å². The normalized spacial score (nSPS) is 14.3. The van der Waals surface area contributed by atoms with Crippen molar-refractivity contribution in [2.75, 3.05) is 23.3 Å². The van der Waals surface area contributed by atoms with Gasteiger partial charge in [0.25, 0.3) is 0 Å². The van der Waals surface area contributed by atoms with Gasteiger partial charge in [-0.25, -0.2) is 0 Å². The summed E-state index contributed by atoms with van der Waals surface area (Å²) < 4.78 is 0. The largest absolute Gasteiger partial charge is 0.370 e. The average molecular weight is 418 g/mol. The van der Waals surface area contributed by atoms with E-state index in [1.807, 2.05) is 6.07 Å². The number of carbonyl (C=O) groups excluding carboxylic acids is 2. The third-order valence-corrected chi connectivity index (χ3v) is 5.46. The Balaban J connectivity index is 1.83. The lowest BCUT2D eigenvalue weighted by molar-refractivity contribution is -0.111. The molecule has 2 aromatic rings. The Labute approximate surface area is 174 Å². The van der Waals surface area contributed by atoms with Crippen LogP contribution in [0.15, 0.2) is 42.5 Å². The molecular weight excluding hydrogens is 397 g/mol. The molecule has 1 aliphatic heterocycles. The first kappa shape index (κ1) is 20.2. The molecule has 1 aliphatic rings. The molecule has 0 aromatic heterocycles. The van der Waals surface area contributed by atoms with Gasteiger partial charge in [0, 0.05) is 24.7 Å². The molecule has 3 rings (SSSR count). The number of halogens is 2. The second-order valence-electron chi connectivity index (χ2n) is 6.61. The fourth-order valence-corrected chi connectivity index (χ4v) is 3.56. The van der Waals surface area contributed by atoms with E-state index in [4.69, 9.17) is 28.9 Å². The van der Waals surface area contributed by atoms with Crippen molar-refractivity contribution in [3.63, 3.8) is 0 Å². The van der Waals surface area contributed by atoms with Crippen LogP contribution in [0.1, 0.15) is 35.2 Å². The van der Waals surface area contributed by atoms with E-state index < -0.39 is 5.91 Å². The highest BCUT2D eigenvalue weighted by Gasteiger charge is 2.17. The summed E-state index contributed by atoms with van der Waals surface area (Å²) in [6, 6.07) is 10.3. The standard InChI is InChI=1S/C21H21Cl2N3O2/c22-16-6-4-5-14(20(16)23)8-10-19(27)25-17-13-15(21(24)28)7-9-18(17)26-11-2-1-3-12-26/h4-10,13H,1-3,11-12H2,(H2,24,28)(H,25,27)/b10-8+. The second-order valence-corrected chi connectivity index (χ2v) is 7.39. The van der Waals surface area contributed by atoms with Gasteiger partial charge in [0.15, 0.2) is 0 Å². The number of amides is 2. The highest BCUT2D eigenvalue weighted by molar-refractivity contribution is 6.42. The van der Waals surface area contributed by atoms with Crippen LogP contribution in [-0.4, -0.2) is 24.9 Å². The molecule has 0 unspecified atom stereocenters. The molecule has 0 aliphatic carbocycles. The first-order valence-corrected chi connectivity index (χ1v) is 9.83. The van der Waals surface area contributed by atoms with Crippen LogP contribution in [-0.2, 0) is 4.79 Å². The van der Waals surface area contributed by atoms with E-state index in [9.17, 15) is 9.59 Å². The summed E-state index contributed by atoms with van der Waals surface area (Å²) in [5.41, 5.74) is 7.83. The molecule has 28 heavy (non-hydrogen) atoms. The molecule has 0 bridgehead atoms. The van der Waals surface area contributed by atoms with Gasteiger partial charge in [0.2, 0.25) is 11.8 Å². The number of rotatable bonds is 5. The van der Waals surface area contributed by atoms with E-state index >= 15 is 0 Å². The Kier molecular flexibility index (Phi) is 6.60. The van der Waals surface area contributed by atoms with Gasteiger partial charge in [-0.2, -0.15) is 0 Å². The summed E-state index contributed by atoms with van der Waals surface area (Å²) in [6.45, 7) is 1.82. The summed E-state index contributed by atoms with van der Waals surface area (Å²) in [4.78, 5) is 26.3. The van der Waals surface area contributed by atoms with E-state index in [0.29, 0.717) is 26.9 Å². The van der Waals surface area contributed by atoms with Gasteiger partial charge in [0.05, 0.1) is 21.4 Å². The Bertz CT molecular complexity index is 922. The van der Waals surface area contributed by atoms with Crippen molar-refractivity contribution in [1.29, 1.82) is 0 Å². The molecule has 2 amide bonds. The van der Waals surface area contributed by atoms with Crippen molar-refractivity contribution in [2.45, 2.75) is 19.3 Å². The first-order valence-electron chi connectivity index (χ1n) is 9.07. The molecule has 1 fully saturated rings. The van der Waals surface area contributed by atoms with Crippen LogP contribution in [0.5, 0.6) is 0 Å². The molecule has 2 aromatic carbocycles. The van der Waals surface area contributed by atoms with Crippen LogP contribution < -0.4 is 16.0 Å². The van der Waals surface area contributed by atoms with Crippen LogP contribution in [0.3, 0.4) is 0 Å². The third kappa shape index (κ3) is 4.86. The van der Waals surface area contributed by atoms with Crippen molar-refractivity contribution in [3.05, 3.63) is 63.6 Å². The van der Waals surface area contributed by atoms with Crippen molar-refractivity contribution in [2.24, 2.45) is 5.73 Å². The molecule has 146 valence electrons. The monoisotopic (exact) mass is 417 g/mol. The summed E-state index contributed by atoms with van der Waals surface area (Å²) in [7, 11) is 0. The molecule has 7 heteroatoms. The molecule has 0 spiro atoms. The number of nitrogens with one attached hydrogen (secondary N) is 1. The van der Waals surface area contributed by atoms with Crippen molar-refractivity contribution < 1.29 is 9.59 Å². The maximum Gasteiger partial charge on any atom is 0.248 e. The van der Waals surface area contributed by atoms with Gasteiger partial charge in [-0.1, -0.05) is 35.3 Å². The summed E-state index contributed by atoms with van der Waals surface area (Å²) in [5.74, 6) is -0.877.